The molecule has 0 unspecified atom stereocenters. The minimum absolute atomic E-state index is 0.0475. The fourth-order valence-corrected chi connectivity index (χ4v) is 4.06. The molecular weight excluding hydrogens is 454 g/mol. The first kappa shape index (κ1) is 23.2. The Morgan fingerprint density at radius 2 is 1.68 bits per heavy atom. The van der Waals surface area contributed by atoms with E-state index in [2.05, 4.69) is 19.7 Å². The number of imidazole rings is 1. The molecule has 0 bridgehead atoms. The van der Waals surface area contributed by atoms with Gasteiger partial charge in [0.15, 0.2) is 0 Å². The number of hydrogen-bond donors (Lipinski definition) is 1. The van der Waals surface area contributed by atoms with Gasteiger partial charge in [0.05, 0.1) is 5.69 Å². The van der Waals surface area contributed by atoms with Crippen molar-refractivity contribution < 1.29 is 17.9 Å². The number of aryl methyl sites for hydroxylation is 2. The fraction of sp³-hybridized carbons (Fsp3) is 0.208. The Balaban J connectivity index is 1.38. The van der Waals surface area contributed by atoms with Crippen molar-refractivity contribution in [2.24, 2.45) is 0 Å². The van der Waals surface area contributed by atoms with Crippen LogP contribution in [0.15, 0.2) is 67.0 Å². The van der Waals surface area contributed by atoms with Crippen LogP contribution in [0.5, 0.6) is 17.4 Å². The van der Waals surface area contributed by atoms with Crippen LogP contribution in [0.1, 0.15) is 17.2 Å². The van der Waals surface area contributed by atoms with Crippen molar-refractivity contribution in [1.29, 1.82) is 0 Å². The van der Waals surface area contributed by atoms with E-state index >= 15 is 0 Å². The zero-order valence-corrected chi connectivity index (χ0v) is 19.9. The molecule has 0 saturated heterocycles. The first-order valence-corrected chi connectivity index (χ1v) is 12.3. The van der Waals surface area contributed by atoms with E-state index in [9.17, 15) is 8.42 Å². The second-order valence-electron chi connectivity index (χ2n) is 7.61. The summed E-state index contributed by atoms with van der Waals surface area (Å²) in [4.78, 5) is 13.1. The maximum absolute atomic E-state index is 12.4. The smallest absolute Gasteiger partial charge is 0.236 e. The maximum Gasteiger partial charge on any atom is 0.236 e. The minimum atomic E-state index is -3.57. The Bertz CT molecular complexity index is 1370. The standard InChI is InChI=1S/C24H25N5O4S/c1-17-18(2)29(16-25-17)23-15-24(27-19(3)26-23)33-22-11-9-20(10-12-22)28-34(30,31)14-13-32-21-7-5-4-6-8-21/h4-12,15-16,28H,13-14H2,1-3H3. The van der Waals surface area contributed by atoms with Crippen molar-refractivity contribution in [1.82, 2.24) is 19.5 Å². The van der Waals surface area contributed by atoms with Crippen molar-refractivity contribution >= 4 is 15.7 Å². The number of rotatable bonds is 9. The minimum Gasteiger partial charge on any atom is -0.492 e. The van der Waals surface area contributed by atoms with Gasteiger partial charge in [0, 0.05) is 17.4 Å². The lowest BCUT2D eigenvalue weighted by atomic mass is 10.3. The van der Waals surface area contributed by atoms with Crippen molar-refractivity contribution in [3.05, 3.63) is 84.2 Å². The summed E-state index contributed by atoms with van der Waals surface area (Å²) in [5.41, 5.74) is 2.33. The van der Waals surface area contributed by atoms with Gasteiger partial charge in [0.2, 0.25) is 15.9 Å². The predicted molar refractivity (Wildman–Crippen MR) is 129 cm³/mol. The van der Waals surface area contributed by atoms with Gasteiger partial charge in [-0.1, -0.05) is 18.2 Å². The first-order valence-electron chi connectivity index (χ1n) is 10.6. The third kappa shape index (κ3) is 5.90. The number of nitrogens with zero attached hydrogens (tertiary/aromatic N) is 4. The van der Waals surface area contributed by atoms with Crippen LogP contribution >= 0.6 is 0 Å². The van der Waals surface area contributed by atoms with Crippen LogP contribution in [-0.4, -0.2) is 40.3 Å². The van der Waals surface area contributed by atoms with E-state index in [1.165, 1.54) is 0 Å². The van der Waals surface area contributed by atoms with Crippen LogP contribution in [0.2, 0.25) is 0 Å². The highest BCUT2D eigenvalue weighted by atomic mass is 32.2. The summed E-state index contributed by atoms with van der Waals surface area (Å²) in [5.74, 6) is 2.55. The Labute approximate surface area is 198 Å². The number of ether oxygens (including phenoxy) is 2. The molecule has 2 heterocycles. The average Bonchev–Trinajstić information content (AvgIpc) is 3.13. The van der Waals surface area contributed by atoms with Gasteiger partial charge in [0.1, 0.15) is 41.8 Å². The van der Waals surface area contributed by atoms with Crippen LogP contribution in [-0.2, 0) is 10.0 Å². The van der Waals surface area contributed by atoms with Gasteiger partial charge in [-0.25, -0.2) is 18.4 Å². The van der Waals surface area contributed by atoms with E-state index in [4.69, 9.17) is 9.47 Å². The summed E-state index contributed by atoms with van der Waals surface area (Å²) in [7, 11) is -3.57. The lowest BCUT2D eigenvalue weighted by molar-refractivity contribution is 0.341. The van der Waals surface area contributed by atoms with Crippen LogP contribution in [0.25, 0.3) is 5.82 Å². The van der Waals surface area contributed by atoms with E-state index in [1.807, 2.05) is 36.6 Å². The second kappa shape index (κ2) is 9.92. The maximum atomic E-state index is 12.4. The highest BCUT2D eigenvalue weighted by Crippen LogP contribution is 2.24. The molecule has 4 rings (SSSR count). The molecule has 0 atom stereocenters. The van der Waals surface area contributed by atoms with E-state index in [1.54, 1.807) is 55.7 Å². The molecule has 9 nitrogen and oxygen atoms in total. The van der Waals surface area contributed by atoms with Gasteiger partial charge in [-0.15, -0.1) is 0 Å². The highest BCUT2D eigenvalue weighted by Gasteiger charge is 2.12. The first-order chi connectivity index (χ1) is 16.3. The number of para-hydroxylation sites is 1. The molecule has 2 aromatic heterocycles. The second-order valence-corrected chi connectivity index (χ2v) is 9.45. The van der Waals surface area contributed by atoms with Crippen molar-refractivity contribution in [3.8, 4) is 23.2 Å². The predicted octanol–water partition coefficient (Wildman–Crippen LogP) is 4.20. The van der Waals surface area contributed by atoms with Gasteiger partial charge in [-0.3, -0.25) is 9.29 Å². The van der Waals surface area contributed by atoms with Gasteiger partial charge < -0.3 is 9.47 Å². The zero-order valence-electron chi connectivity index (χ0n) is 19.1. The monoisotopic (exact) mass is 479 g/mol. The summed E-state index contributed by atoms with van der Waals surface area (Å²) >= 11 is 0. The van der Waals surface area contributed by atoms with Crippen LogP contribution in [0.3, 0.4) is 0 Å². The lowest BCUT2D eigenvalue weighted by Gasteiger charge is -2.11. The quantitative estimate of drug-likeness (QED) is 0.383. The molecule has 4 aromatic rings. The molecule has 0 saturated carbocycles. The van der Waals surface area contributed by atoms with E-state index in [0.717, 1.165) is 11.4 Å². The summed E-state index contributed by atoms with van der Waals surface area (Å²) in [6.07, 6.45) is 1.71. The highest BCUT2D eigenvalue weighted by molar-refractivity contribution is 7.92. The van der Waals surface area contributed by atoms with E-state index in [-0.39, 0.29) is 12.4 Å². The summed E-state index contributed by atoms with van der Waals surface area (Å²) < 4.78 is 40.5. The summed E-state index contributed by atoms with van der Waals surface area (Å²) in [5, 5.41) is 0. The topological polar surface area (TPSA) is 108 Å². The van der Waals surface area contributed by atoms with E-state index < -0.39 is 10.0 Å². The SMILES string of the molecule is Cc1nc(Oc2ccc(NS(=O)(=O)CCOc3ccccc3)cc2)cc(-n2cnc(C)c2C)n1. The van der Waals surface area contributed by atoms with Crippen LogP contribution in [0, 0.1) is 20.8 Å². The fourth-order valence-electron chi connectivity index (χ4n) is 3.16. The molecule has 34 heavy (non-hydrogen) atoms. The number of benzene rings is 2. The largest absolute Gasteiger partial charge is 0.492 e. The number of nitrogens with one attached hydrogen (secondary N) is 1. The van der Waals surface area contributed by atoms with Crippen LogP contribution < -0.4 is 14.2 Å². The Hall–Kier alpha value is -3.92. The molecular formula is C24H25N5O4S. The van der Waals surface area contributed by atoms with E-state index in [0.29, 0.717) is 34.7 Å². The molecule has 2 aromatic carbocycles. The molecule has 176 valence electrons. The molecule has 1 N–H and O–H groups in total. The Morgan fingerprint density at radius 1 is 0.941 bits per heavy atom. The summed E-state index contributed by atoms with van der Waals surface area (Å²) in [6, 6.07) is 17.4. The summed E-state index contributed by atoms with van der Waals surface area (Å²) in [6.45, 7) is 5.73. The van der Waals surface area contributed by atoms with Crippen molar-refractivity contribution in [2.75, 3.05) is 17.1 Å². The molecule has 0 amide bonds. The molecule has 0 spiro atoms. The lowest BCUT2D eigenvalue weighted by Crippen LogP contribution is -2.21. The molecule has 0 aliphatic carbocycles. The van der Waals surface area contributed by atoms with Crippen LogP contribution in [0.4, 0.5) is 5.69 Å². The molecule has 10 heteroatoms. The Morgan fingerprint density at radius 3 is 2.35 bits per heavy atom. The van der Waals surface area contributed by atoms with Crippen molar-refractivity contribution in [2.45, 2.75) is 20.8 Å². The zero-order chi connectivity index (χ0) is 24.1. The van der Waals surface area contributed by atoms with Crippen molar-refractivity contribution in [3.63, 3.8) is 0 Å². The van der Waals surface area contributed by atoms with Gasteiger partial charge in [0.25, 0.3) is 0 Å². The normalized spacial score (nSPS) is 11.3. The molecule has 0 fully saturated rings. The molecule has 0 radical (unpaired) electrons. The van der Waals surface area contributed by atoms with Gasteiger partial charge in [-0.2, -0.15) is 4.98 Å². The molecule has 0 aliphatic rings. The molecule has 0 aliphatic heterocycles. The third-order valence-electron chi connectivity index (χ3n) is 5.01. The van der Waals surface area contributed by atoms with Gasteiger partial charge >= 0.3 is 0 Å². The average molecular weight is 480 g/mol. The number of hydrogen-bond acceptors (Lipinski definition) is 7. The number of sulfonamides is 1. The Kier molecular flexibility index (Phi) is 6.78. The number of anilines is 1. The third-order valence-corrected chi connectivity index (χ3v) is 6.26. The van der Waals surface area contributed by atoms with Gasteiger partial charge in [-0.05, 0) is 57.2 Å². The number of aromatic nitrogens is 4.